The van der Waals surface area contributed by atoms with Crippen LogP contribution in [0.1, 0.15) is 17.5 Å². The predicted octanol–water partition coefficient (Wildman–Crippen LogP) is 2.38. The molecule has 0 radical (unpaired) electrons. The van der Waals surface area contributed by atoms with Crippen LogP contribution in [0.4, 0.5) is 13.2 Å². The number of alkyl halides is 3. The average molecular weight is 467 g/mol. The number of nitrogens with zero attached hydrogens (tertiary/aromatic N) is 2. The molecule has 2 aliphatic heterocycles. The van der Waals surface area contributed by atoms with Crippen LogP contribution in [0, 0.1) is 0 Å². The first kappa shape index (κ1) is 25.0. The Morgan fingerprint density at radius 1 is 1.30 bits per heavy atom. The number of allylic oxidation sites excluding steroid dienone is 1. The second-order valence-electron chi connectivity index (χ2n) is 8.18. The van der Waals surface area contributed by atoms with Crippen LogP contribution in [0.25, 0.3) is 0 Å². The maximum absolute atomic E-state index is 12.8. The minimum atomic E-state index is -4.41. The van der Waals surface area contributed by atoms with Crippen LogP contribution in [0.15, 0.2) is 61.3 Å². The van der Waals surface area contributed by atoms with E-state index in [9.17, 15) is 23.1 Å². The molecule has 3 N–H and O–H groups in total. The largest absolute Gasteiger partial charge is 0.416 e. The molecule has 0 unspecified atom stereocenters. The number of likely N-dealkylation sites (tertiary alicyclic amines) is 1. The molecule has 2 fully saturated rings. The molecule has 180 valence electrons. The number of hydrogen-bond acceptors (Lipinski definition) is 6. The highest BCUT2D eigenvalue weighted by Gasteiger charge is 2.42. The summed E-state index contributed by atoms with van der Waals surface area (Å²) in [5.74, 6) is 6.04. The van der Waals surface area contributed by atoms with Crippen LogP contribution in [-0.2, 0) is 27.1 Å². The van der Waals surface area contributed by atoms with Gasteiger partial charge in [-0.05, 0) is 35.8 Å². The van der Waals surface area contributed by atoms with E-state index in [1.165, 1.54) is 28.1 Å². The molecule has 0 spiro atoms. The molecule has 1 amide bonds. The number of rotatable bonds is 9. The lowest BCUT2D eigenvalue weighted by atomic mass is 9.90. The summed E-state index contributed by atoms with van der Waals surface area (Å²) in [6.45, 7) is 8.06. The molecular weight excluding hydrogens is 439 g/mol. The Morgan fingerprint density at radius 2 is 1.97 bits per heavy atom. The number of hydrogen-bond donors (Lipinski definition) is 2. The fourth-order valence-electron chi connectivity index (χ4n) is 3.78. The summed E-state index contributed by atoms with van der Waals surface area (Å²) in [4.78, 5) is 13.7. The average Bonchev–Trinajstić information content (AvgIpc) is 3.19. The highest BCUT2D eigenvalue weighted by Crippen LogP contribution is 2.31. The van der Waals surface area contributed by atoms with Crippen molar-refractivity contribution >= 4 is 5.91 Å². The Kier molecular flexibility index (Phi) is 7.63. The number of nitrogens with two attached hydrogens (primary N) is 1. The molecule has 7 nitrogen and oxygen atoms in total. The molecule has 2 saturated heterocycles. The highest BCUT2D eigenvalue weighted by molar-refractivity contribution is 5.87. The van der Waals surface area contributed by atoms with Crippen molar-refractivity contribution in [2.45, 2.75) is 37.0 Å². The van der Waals surface area contributed by atoms with Gasteiger partial charge in [0.2, 0.25) is 5.91 Å². The summed E-state index contributed by atoms with van der Waals surface area (Å²) < 4.78 is 49.5. The zero-order valence-electron chi connectivity index (χ0n) is 18.1. The zero-order chi connectivity index (χ0) is 24.2. The van der Waals surface area contributed by atoms with Gasteiger partial charge in [-0.2, -0.15) is 13.2 Å². The number of carbonyl (C=O) groups excluding carboxylic acids is 1. The van der Waals surface area contributed by atoms with Crippen molar-refractivity contribution in [1.82, 2.24) is 9.91 Å². The first-order valence-corrected chi connectivity index (χ1v) is 10.4. The van der Waals surface area contributed by atoms with E-state index in [1.54, 1.807) is 12.3 Å². The van der Waals surface area contributed by atoms with Crippen molar-refractivity contribution in [3.05, 3.63) is 72.5 Å². The summed E-state index contributed by atoms with van der Waals surface area (Å²) in [5, 5.41) is 12.1. The lowest BCUT2D eigenvalue weighted by Crippen LogP contribution is -2.53. The van der Waals surface area contributed by atoms with E-state index in [-0.39, 0.29) is 38.8 Å². The minimum Gasteiger partial charge on any atom is -0.381 e. The minimum absolute atomic E-state index is 0.0459. The van der Waals surface area contributed by atoms with E-state index in [4.69, 9.17) is 15.3 Å². The van der Waals surface area contributed by atoms with Gasteiger partial charge in [-0.1, -0.05) is 24.8 Å². The third-order valence-electron chi connectivity index (χ3n) is 5.80. The van der Waals surface area contributed by atoms with Crippen molar-refractivity contribution in [3.63, 3.8) is 0 Å². The first-order chi connectivity index (χ1) is 15.6. The molecule has 0 bridgehead atoms. The van der Waals surface area contributed by atoms with Gasteiger partial charge in [0.1, 0.15) is 5.60 Å². The fourth-order valence-corrected chi connectivity index (χ4v) is 3.78. The van der Waals surface area contributed by atoms with Crippen LogP contribution in [0.5, 0.6) is 0 Å². The highest BCUT2D eigenvalue weighted by atomic mass is 19.4. The number of hydrazine groups is 1. The summed E-state index contributed by atoms with van der Waals surface area (Å²) in [7, 11) is 0. The van der Waals surface area contributed by atoms with E-state index in [1.807, 2.05) is 0 Å². The van der Waals surface area contributed by atoms with Gasteiger partial charge in [0.05, 0.1) is 37.5 Å². The molecule has 1 aromatic rings. The van der Waals surface area contributed by atoms with Crippen LogP contribution >= 0.6 is 0 Å². The summed E-state index contributed by atoms with van der Waals surface area (Å²) >= 11 is 0. The van der Waals surface area contributed by atoms with Gasteiger partial charge >= 0.3 is 6.18 Å². The number of aliphatic hydroxyl groups is 1. The Morgan fingerprint density at radius 3 is 2.48 bits per heavy atom. The second kappa shape index (κ2) is 10.1. The van der Waals surface area contributed by atoms with Gasteiger partial charge in [0.15, 0.2) is 0 Å². The quantitative estimate of drug-likeness (QED) is 0.251. The van der Waals surface area contributed by atoms with Crippen LogP contribution in [0.3, 0.4) is 0 Å². The Hall–Kier alpha value is -2.66. The molecule has 0 aromatic heterocycles. The Bertz CT molecular complexity index is 897. The van der Waals surface area contributed by atoms with Gasteiger partial charge in [-0.3, -0.25) is 4.79 Å². The molecule has 2 atom stereocenters. The van der Waals surface area contributed by atoms with E-state index in [2.05, 4.69) is 13.2 Å². The maximum Gasteiger partial charge on any atom is 0.416 e. The Balaban J connectivity index is 1.74. The van der Waals surface area contributed by atoms with Crippen molar-refractivity contribution in [3.8, 4) is 0 Å². The fraction of sp³-hybridized carbons (Fsp3) is 0.435. The number of carbonyl (C=O) groups is 1. The molecule has 33 heavy (non-hydrogen) atoms. The van der Waals surface area contributed by atoms with E-state index in [0.29, 0.717) is 17.6 Å². The van der Waals surface area contributed by atoms with E-state index >= 15 is 0 Å². The zero-order valence-corrected chi connectivity index (χ0v) is 18.1. The number of ether oxygens (including phenoxy) is 2. The van der Waals surface area contributed by atoms with Gasteiger partial charge < -0.3 is 24.5 Å². The summed E-state index contributed by atoms with van der Waals surface area (Å²) in [6.07, 6.45) is -0.0696. The summed E-state index contributed by atoms with van der Waals surface area (Å²) in [6, 6.07) is 4.26. The standard InChI is InChI=1S/C23H28F3N3O4/c1-3-5-18(22(31)14-32-15-22)10-29(27)19-11-28(21(30)4-2)12-20(19)33-13-16-6-8-17(9-7-16)23(24,25)26/h3-4,6-10,19-20,31H,1-2,5,11-15,27H2/b18-10+/t19-,20-/m1/s1. The second-order valence-corrected chi connectivity index (χ2v) is 8.18. The van der Waals surface area contributed by atoms with Crippen molar-refractivity contribution in [1.29, 1.82) is 0 Å². The third-order valence-corrected chi connectivity index (χ3v) is 5.80. The van der Waals surface area contributed by atoms with Crippen LogP contribution in [0.2, 0.25) is 0 Å². The normalized spacial score (nSPS) is 22.6. The lowest BCUT2D eigenvalue weighted by Gasteiger charge is -2.39. The SMILES string of the molecule is C=CC/C(=C\N(N)[C@@H]1CN(C(=O)C=C)C[C@H]1OCc1ccc(C(F)(F)F)cc1)C1(O)COC1. The van der Waals surface area contributed by atoms with Gasteiger partial charge in [0.25, 0.3) is 0 Å². The van der Waals surface area contributed by atoms with Crippen LogP contribution < -0.4 is 5.84 Å². The third kappa shape index (κ3) is 5.83. The maximum atomic E-state index is 12.8. The summed E-state index contributed by atoms with van der Waals surface area (Å²) in [5.41, 5.74) is -0.681. The van der Waals surface area contributed by atoms with Gasteiger partial charge in [-0.15, -0.1) is 6.58 Å². The monoisotopic (exact) mass is 467 g/mol. The van der Waals surface area contributed by atoms with Crippen molar-refractivity contribution in [2.24, 2.45) is 5.84 Å². The van der Waals surface area contributed by atoms with Gasteiger partial charge in [0, 0.05) is 19.3 Å². The van der Waals surface area contributed by atoms with Gasteiger partial charge in [-0.25, -0.2) is 5.84 Å². The smallest absolute Gasteiger partial charge is 0.381 e. The Labute approximate surface area is 190 Å². The van der Waals surface area contributed by atoms with Crippen molar-refractivity contribution in [2.75, 3.05) is 26.3 Å². The van der Waals surface area contributed by atoms with Crippen LogP contribution in [-0.4, -0.2) is 65.0 Å². The molecule has 2 heterocycles. The first-order valence-electron chi connectivity index (χ1n) is 10.4. The lowest BCUT2D eigenvalue weighted by molar-refractivity contribution is -0.155. The molecule has 3 rings (SSSR count). The van der Waals surface area contributed by atoms with E-state index < -0.39 is 29.5 Å². The predicted molar refractivity (Wildman–Crippen MR) is 115 cm³/mol. The number of amides is 1. The molecule has 0 aliphatic carbocycles. The number of benzene rings is 1. The molecule has 10 heteroatoms. The molecular formula is C23H28F3N3O4. The molecule has 0 saturated carbocycles. The van der Waals surface area contributed by atoms with Crippen molar-refractivity contribution < 1.29 is 32.5 Å². The topological polar surface area (TPSA) is 88.3 Å². The van der Waals surface area contributed by atoms with E-state index in [0.717, 1.165) is 12.1 Å². The molecule has 2 aliphatic rings. The molecule has 1 aromatic carbocycles. The number of halogens is 3.